The van der Waals surface area contributed by atoms with Crippen molar-refractivity contribution in [1.82, 2.24) is 0 Å². The van der Waals surface area contributed by atoms with E-state index in [0.29, 0.717) is 5.02 Å². The molecule has 0 radical (unpaired) electrons. The van der Waals surface area contributed by atoms with Crippen molar-refractivity contribution in [3.63, 3.8) is 0 Å². The Balaban J connectivity index is 1.73. The van der Waals surface area contributed by atoms with E-state index in [1.807, 2.05) is 30.3 Å². The van der Waals surface area contributed by atoms with E-state index < -0.39 is 6.10 Å². The van der Waals surface area contributed by atoms with Gasteiger partial charge in [-0.3, -0.25) is 0 Å². The predicted molar refractivity (Wildman–Crippen MR) is 90.2 cm³/mol. The second-order valence-corrected chi connectivity index (χ2v) is 6.14. The molecule has 22 heavy (non-hydrogen) atoms. The molecule has 3 aromatic rings. The van der Waals surface area contributed by atoms with Crippen LogP contribution in [-0.4, -0.2) is 5.11 Å². The van der Waals surface area contributed by atoms with Gasteiger partial charge in [0.15, 0.2) is 0 Å². The maximum absolute atomic E-state index is 10.6. The lowest BCUT2D eigenvalue weighted by atomic mass is 9.97. The molecule has 1 aliphatic carbocycles. The summed E-state index contributed by atoms with van der Waals surface area (Å²) < 4.78 is 0. The highest BCUT2D eigenvalue weighted by molar-refractivity contribution is 6.30. The molecule has 0 heterocycles. The molecule has 0 amide bonds. The topological polar surface area (TPSA) is 20.2 Å². The first-order chi connectivity index (χ1) is 10.7. The Kier molecular flexibility index (Phi) is 3.25. The number of hydrogen-bond acceptors (Lipinski definition) is 1. The molecule has 2 heteroatoms. The molecular formula is C20H15ClO. The van der Waals surface area contributed by atoms with Crippen molar-refractivity contribution in [1.29, 1.82) is 0 Å². The Bertz CT molecular complexity index is 854. The first-order valence-corrected chi connectivity index (χ1v) is 7.75. The number of benzene rings is 3. The molecule has 0 bridgehead atoms. The Morgan fingerprint density at radius 1 is 0.773 bits per heavy atom. The third-order valence-corrected chi connectivity index (χ3v) is 4.53. The average molecular weight is 307 g/mol. The van der Waals surface area contributed by atoms with Gasteiger partial charge >= 0.3 is 0 Å². The average Bonchev–Trinajstić information content (AvgIpc) is 2.91. The molecule has 0 aromatic heterocycles. The number of fused-ring (bicyclic) bond motifs is 3. The van der Waals surface area contributed by atoms with Crippen LogP contribution in [0.5, 0.6) is 0 Å². The molecule has 1 N–H and O–H groups in total. The number of hydrogen-bond donors (Lipinski definition) is 1. The molecule has 4 rings (SSSR count). The van der Waals surface area contributed by atoms with E-state index in [1.54, 1.807) is 0 Å². The van der Waals surface area contributed by atoms with Crippen molar-refractivity contribution < 1.29 is 5.11 Å². The standard InChI is InChI=1S/C20H15ClO/c21-17-6-3-5-14(12-17)20(22)15-8-9-19-16(11-15)10-13-4-1-2-7-18(13)19/h1-9,11-12,20,22H,10H2/t20-/m1/s1. The molecule has 1 aliphatic rings. The Morgan fingerprint density at radius 3 is 2.41 bits per heavy atom. The van der Waals surface area contributed by atoms with Crippen LogP contribution in [0.2, 0.25) is 5.02 Å². The van der Waals surface area contributed by atoms with Gasteiger partial charge in [0.1, 0.15) is 6.10 Å². The minimum atomic E-state index is -0.646. The Labute approximate surface area is 134 Å². The summed E-state index contributed by atoms with van der Waals surface area (Å²) in [5.41, 5.74) is 6.95. The van der Waals surface area contributed by atoms with Gasteiger partial charge in [-0.05, 0) is 51.9 Å². The van der Waals surface area contributed by atoms with Crippen LogP contribution in [0.15, 0.2) is 66.7 Å². The van der Waals surface area contributed by atoms with Crippen molar-refractivity contribution in [3.05, 3.63) is 94.0 Å². The van der Waals surface area contributed by atoms with Crippen molar-refractivity contribution in [2.24, 2.45) is 0 Å². The predicted octanol–water partition coefficient (Wildman–Crippen LogP) is 4.99. The highest BCUT2D eigenvalue weighted by Crippen LogP contribution is 2.38. The van der Waals surface area contributed by atoms with Crippen molar-refractivity contribution in [2.75, 3.05) is 0 Å². The summed E-state index contributed by atoms with van der Waals surface area (Å²) in [5, 5.41) is 11.2. The monoisotopic (exact) mass is 306 g/mol. The van der Waals surface area contributed by atoms with Crippen LogP contribution in [0, 0.1) is 0 Å². The third kappa shape index (κ3) is 2.23. The van der Waals surface area contributed by atoms with Crippen molar-refractivity contribution >= 4 is 11.6 Å². The summed E-state index contributed by atoms with van der Waals surface area (Å²) in [4.78, 5) is 0. The molecule has 0 unspecified atom stereocenters. The summed E-state index contributed by atoms with van der Waals surface area (Å²) in [5.74, 6) is 0. The SMILES string of the molecule is O[C@H](c1cccc(Cl)c1)c1ccc2c(c1)Cc1ccccc1-2. The van der Waals surface area contributed by atoms with Crippen LogP contribution < -0.4 is 0 Å². The van der Waals surface area contributed by atoms with E-state index >= 15 is 0 Å². The molecule has 0 fully saturated rings. The largest absolute Gasteiger partial charge is 0.384 e. The fourth-order valence-electron chi connectivity index (χ4n) is 3.20. The zero-order valence-electron chi connectivity index (χ0n) is 12.0. The lowest BCUT2D eigenvalue weighted by Gasteiger charge is -2.13. The van der Waals surface area contributed by atoms with Gasteiger partial charge in [0.2, 0.25) is 0 Å². The number of aliphatic hydroxyl groups excluding tert-OH is 1. The zero-order valence-corrected chi connectivity index (χ0v) is 12.7. The van der Waals surface area contributed by atoms with E-state index in [-0.39, 0.29) is 0 Å². The van der Waals surface area contributed by atoms with Crippen LogP contribution in [0.4, 0.5) is 0 Å². The second-order valence-electron chi connectivity index (χ2n) is 5.71. The maximum Gasteiger partial charge on any atom is 0.104 e. The molecule has 0 saturated heterocycles. The third-order valence-electron chi connectivity index (χ3n) is 4.30. The van der Waals surface area contributed by atoms with Gasteiger partial charge in [-0.15, -0.1) is 0 Å². The number of aliphatic hydroxyl groups is 1. The van der Waals surface area contributed by atoms with Gasteiger partial charge in [-0.2, -0.15) is 0 Å². The molecule has 1 atom stereocenters. The molecule has 0 aliphatic heterocycles. The second kappa shape index (κ2) is 5.28. The summed E-state index contributed by atoms with van der Waals surface area (Å²) in [6, 6.07) is 22.1. The Hall–Kier alpha value is -2.09. The van der Waals surface area contributed by atoms with Gasteiger partial charge in [-0.1, -0.05) is 66.2 Å². The fraction of sp³-hybridized carbons (Fsp3) is 0.100. The van der Waals surface area contributed by atoms with E-state index in [4.69, 9.17) is 11.6 Å². The lowest BCUT2D eigenvalue weighted by molar-refractivity contribution is 0.220. The smallest absolute Gasteiger partial charge is 0.104 e. The molecule has 0 spiro atoms. The van der Waals surface area contributed by atoms with E-state index in [9.17, 15) is 5.11 Å². The van der Waals surface area contributed by atoms with E-state index in [1.165, 1.54) is 22.3 Å². The van der Waals surface area contributed by atoms with Gasteiger partial charge in [0.25, 0.3) is 0 Å². The van der Waals surface area contributed by atoms with E-state index in [2.05, 4.69) is 36.4 Å². The van der Waals surface area contributed by atoms with Crippen LogP contribution in [0.1, 0.15) is 28.4 Å². The van der Waals surface area contributed by atoms with Crippen molar-refractivity contribution in [3.8, 4) is 11.1 Å². The van der Waals surface area contributed by atoms with Crippen LogP contribution in [-0.2, 0) is 6.42 Å². The van der Waals surface area contributed by atoms with Gasteiger partial charge in [0.05, 0.1) is 0 Å². The minimum absolute atomic E-state index is 0.644. The van der Waals surface area contributed by atoms with Gasteiger partial charge < -0.3 is 5.11 Å². The normalized spacial score (nSPS) is 13.5. The quantitative estimate of drug-likeness (QED) is 0.553. The maximum atomic E-state index is 10.6. The van der Waals surface area contributed by atoms with Crippen LogP contribution in [0.3, 0.4) is 0 Å². The molecule has 0 saturated carbocycles. The Morgan fingerprint density at radius 2 is 1.55 bits per heavy atom. The number of halogens is 1. The summed E-state index contributed by atoms with van der Waals surface area (Å²) >= 11 is 6.02. The molecular weight excluding hydrogens is 292 g/mol. The van der Waals surface area contributed by atoms with Crippen molar-refractivity contribution in [2.45, 2.75) is 12.5 Å². The molecule has 3 aromatic carbocycles. The summed E-state index contributed by atoms with van der Waals surface area (Å²) in [6.45, 7) is 0. The molecule has 108 valence electrons. The minimum Gasteiger partial charge on any atom is -0.384 e. The zero-order chi connectivity index (χ0) is 15.1. The number of rotatable bonds is 2. The van der Waals surface area contributed by atoms with Crippen LogP contribution >= 0.6 is 11.6 Å². The highest BCUT2D eigenvalue weighted by Gasteiger charge is 2.20. The first kappa shape index (κ1) is 13.6. The van der Waals surface area contributed by atoms with Crippen LogP contribution in [0.25, 0.3) is 11.1 Å². The summed E-state index contributed by atoms with van der Waals surface area (Å²) in [6.07, 6.45) is 0.287. The first-order valence-electron chi connectivity index (χ1n) is 7.37. The summed E-state index contributed by atoms with van der Waals surface area (Å²) in [7, 11) is 0. The van der Waals surface area contributed by atoms with E-state index in [0.717, 1.165) is 17.5 Å². The fourth-order valence-corrected chi connectivity index (χ4v) is 3.40. The van der Waals surface area contributed by atoms with Gasteiger partial charge in [0, 0.05) is 5.02 Å². The molecule has 1 nitrogen and oxygen atoms in total. The highest BCUT2D eigenvalue weighted by atomic mass is 35.5. The van der Waals surface area contributed by atoms with Gasteiger partial charge in [-0.25, -0.2) is 0 Å². The lowest BCUT2D eigenvalue weighted by Crippen LogP contribution is -2.00.